The van der Waals surface area contributed by atoms with Gasteiger partial charge in [-0.15, -0.1) is 0 Å². The zero-order valence-electron chi connectivity index (χ0n) is 17.7. The van der Waals surface area contributed by atoms with Crippen molar-refractivity contribution in [2.24, 2.45) is 0 Å². The highest BCUT2D eigenvalue weighted by molar-refractivity contribution is 7.89. The van der Waals surface area contributed by atoms with E-state index in [-0.39, 0.29) is 23.4 Å². The number of nitrogens with zero attached hydrogens (tertiary/aromatic N) is 3. The molecule has 2 aliphatic heterocycles. The Morgan fingerprint density at radius 3 is 2.40 bits per heavy atom. The van der Waals surface area contributed by atoms with Gasteiger partial charge in [0.15, 0.2) is 0 Å². The van der Waals surface area contributed by atoms with Gasteiger partial charge in [0, 0.05) is 45.5 Å². The average molecular weight is 459 g/mol. The van der Waals surface area contributed by atoms with Crippen LogP contribution in [0.2, 0.25) is 0 Å². The molecule has 168 valence electrons. The molecule has 0 aromatic heterocycles. The van der Waals surface area contributed by atoms with Crippen LogP contribution in [-0.4, -0.2) is 84.5 Å². The molecule has 0 unspecified atom stereocenters. The van der Waals surface area contributed by atoms with Gasteiger partial charge < -0.3 is 4.90 Å². The molecule has 0 atom stereocenters. The first-order valence-electron chi connectivity index (χ1n) is 10.0. The fourth-order valence-corrected chi connectivity index (χ4v) is 5.79. The summed E-state index contributed by atoms with van der Waals surface area (Å²) in [5.74, 6) is -0.0197. The molecule has 0 radical (unpaired) electrons. The van der Waals surface area contributed by atoms with E-state index in [9.17, 15) is 21.6 Å². The quantitative estimate of drug-likeness (QED) is 0.654. The Kier molecular flexibility index (Phi) is 6.87. The molecule has 1 fully saturated rings. The van der Waals surface area contributed by atoms with Crippen molar-refractivity contribution in [3.8, 4) is 0 Å². The molecule has 9 nitrogen and oxygen atoms in total. The van der Waals surface area contributed by atoms with Crippen LogP contribution in [0.5, 0.6) is 0 Å². The number of fused-ring (bicyclic) bond motifs is 1. The van der Waals surface area contributed by atoms with Crippen LogP contribution in [0.25, 0.3) is 0 Å². The number of hydrogen-bond acceptors (Lipinski definition) is 6. The van der Waals surface area contributed by atoms with E-state index in [0.29, 0.717) is 32.5 Å². The fraction of sp³-hybridized carbons (Fsp3) is 0.632. The standard InChI is InChI=1S/C19H30N4O5S2/c1-21(2)30(27,28)17-6-7-18-15(13-17)5-4-10-23(18)19(24)14-22-11-8-16(9-12-22)20-29(3,25)26/h6-7,13,16,20H,4-5,8-12,14H2,1-3H3. The zero-order valence-corrected chi connectivity index (χ0v) is 19.3. The summed E-state index contributed by atoms with van der Waals surface area (Å²) < 4.78 is 51.4. The van der Waals surface area contributed by atoms with Crippen LogP contribution in [0.15, 0.2) is 23.1 Å². The number of piperidine rings is 1. The molecule has 2 aliphatic rings. The van der Waals surface area contributed by atoms with Gasteiger partial charge in [-0.1, -0.05) is 0 Å². The second kappa shape index (κ2) is 8.91. The van der Waals surface area contributed by atoms with Crippen molar-refractivity contribution in [1.29, 1.82) is 0 Å². The van der Waals surface area contributed by atoms with Gasteiger partial charge in [0.1, 0.15) is 0 Å². The Morgan fingerprint density at radius 2 is 1.80 bits per heavy atom. The highest BCUT2D eigenvalue weighted by atomic mass is 32.2. The maximum Gasteiger partial charge on any atom is 0.242 e. The van der Waals surface area contributed by atoms with Crippen molar-refractivity contribution in [2.45, 2.75) is 36.6 Å². The van der Waals surface area contributed by atoms with E-state index in [1.165, 1.54) is 18.4 Å². The van der Waals surface area contributed by atoms with Gasteiger partial charge in [0.25, 0.3) is 0 Å². The smallest absolute Gasteiger partial charge is 0.242 e. The molecule has 3 rings (SSSR count). The van der Waals surface area contributed by atoms with Gasteiger partial charge in [-0.2, -0.15) is 0 Å². The number of likely N-dealkylation sites (tertiary alicyclic amines) is 1. The number of hydrogen-bond donors (Lipinski definition) is 1. The molecule has 1 N–H and O–H groups in total. The third-order valence-electron chi connectivity index (χ3n) is 5.58. The molecule has 1 aromatic carbocycles. The van der Waals surface area contributed by atoms with Crippen molar-refractivity contribution in [1.82, 2.24) is 13.9 Å². The largest absolute Gasteiger partial charge is 0.311 e. The molecule has 1 aromatic rings. The first kappa shape index (κ1) is 23.1. The third kappa shape index (κ3) is 5.38. The topological polar surface area (TPSA) is 107 Å². The molecule has 30 heavy (non-hydrogen) atoms. The van der Waals surface area contributed by atoms with Gasteiger partial charge in [-0.05, 0) is 49.4 Å². The highest BCUT2D eigenvalue weighted by Crippen LogP contribution is 2.30. The Hall–Kier alpha value is -1.53. The monoisotopic (exact) mass is 458 g/mol. The summed E-state index contributed by atoms with van der Waals surface area (Å²) in [6.45, 7) is 2.18. The van der Waals surface area contributed by atoms with E-state index in [1.54, 1.807) is 23.1 Å². The summed E-state index contributed by atoms with van der Waals surface area (Å²) in [5, 5.41) is 0. The highest BCUT2D eigenvalue weighted by Gasteiger charge is 2.28. The van der Waals surface area contributed by atoms with Crippen LogP contribution in [0.3, 0.4) is 0 Å². The number of amides is 1. The lowest BCUT2D eigenvalue weighted by Gasteiger charge is -2.35. The van der Waals surface area contributed by atoms with Gasteiger partial charge in [-0.3, -0.25) is 9.69 Å². The Morgan fingerprint density at radius 1 is 1.13 bits per heavy atom. The number of nitrogens with one attached hydrogen (secondary N) is 1. The van der Waals surface area contributed by atoms with Crippen LogP contribution >= 0.6 is 0 Å². The van der Waals surface area contributed by atoms with Crippen molar-refractivity contribution in [3.63, 3.8) is 0 Å². The van der Waals surface area contributed by atoms with Crippen LogP contribution in [0.1, 0.15) is 24.8 Å². The number of rotatable bonds is 6. The normalized spacial score (nSPS) is 19.1. The summed E-state index contributed by atoms with van der Waals surface area (Å²) >= 11 is 0. The van der Waals surface area contributed by atoms with Crippen LogP contribution in [0, 0.1) is 0 Å². The van der Waals surface area contributed by atoms with E-state index in [2.05, 4.69) is 4.72 Å². The molecule has 0 bridgehead atoms. The number of carbonyl (C=O) groups is 1. The van der Waals surface area contributed by atoms with E-state index < -0.39 is 20.0 Å². The maximum absolute atomic E-state index is 13.0. The number of carbonyl (C=O) groups excluding carboxylic acids is 1. The summed E-state index contributed by atoms with van der Waals surface area (Å²) in [4.78, 5) is 17.0. The molecule has 2 heterocycles. The van der Waals surface area contributed by atoms with Gasteiger partial charge in [0.05, 0.1) is 17.7 Å². The van der Waals surface area contributed by atoms with Crippen molar-refractivity contribution < 1.29 is 21.6 Å². The Bertz CT molecular complexity index is 1000. The first-order chi connectivity index (χ1) is 14.0. The second-order valence-corrected chi connectivity index (χ2v) is 12.1. The second-order valence-electron chi connectivity index (χ2n) is 8.17. The SMILES string of the molecule is CN(C)S(=O)(=O)c1ccc2c(c1)CCCN2C(=O)CN1CCC(NS(C)(=O)=O)CC1. The lowest BCUT2D eigenvalue weighted by atomic mass is 10.0. The number of sulfonamides is 2. The molecular formula is C19H30N4O5S2. The summed E-state index contributed by atoms with van der Waals surface area (Å²) in [6, 6.07) is 4.87. The minimum absolute atomic E-state index is 0.0197. The predicted molar refractivity (Wildman–Crippen MR) is 115 cm³/mol. The van der Waals surface area contributed by atoms with Crippen LogP contribution < -0.4 is 9.62 Å². The minimum Gasteiger partial charge on any atom is -0.311 e. The van der Waals surface area contributed by atoms with E-state index in [4.69, 9.17) is 0 Å². The van der Waals surface area contributed by atoms with Gasteiger partial charge in [0.2, 0.25) is 26.0 Å². The lowest BCUT2D eigenvalue weighted by Crippen LogP contribution is -2.48. The molecule has 0 spiro atoms. The first-order valence-corrected chi connectivity index (χ1v) is 13.4. The van der Waals surface area contributed by atoms with Crippen molar-refractivity contribution in [3.05, 3.63) is 23.8 Å². The van der Waals surface area contributed by atoms with Gasteiger partial charge >= 0.3 is 0 Å². The number of benzene rings is 1. The lowest BCUT2D eigenvalue weighted by molar-refractivity contribution is -0.120. The molecule has 1 saturated heterocycles. The molecule has 0 saturated carbocycles. The third-order valence-corrected chi connectivity index (χ3v) is 8.15. The summed E-state index contributed by atoms with van der Waals surface area (Å²) in [5.41, 5.74) is 1.64. The molecule has 11 heteroatoms. The Labute approximate surface area is 179 Å². The summed E-state index contributed by atoms with van der Waals surface area (Å²) in [7, 11) is -3.74. The Balaban J connectivity index is 1.66. The maximum atomic E-state index is 13.0. The minimum atomic E-state index is -3.52. The number of aryl methyl sites for hydroxylation is 1. The number of anilines is 1. The van der Waals surface area contributed by atoms with E-state index in [1.807, 2.05) is 4.90 Å². The van der Waals surface area contributed by atoms with Crippen molar-refractivity contribution in [2.75, 3.05) is 51.4 Å². The van der Waals surface area contributed by atoms with Crippen LogP contribution in [-0.2, 0) is 31.3 Å². The average Bonchev–Trinajstić information content (AvgIpc) is 2.67. The molecular weight excluding hydrogens is 428 g/mol. The van der Waals surface area contributed by atoms with Crippen LogP contribution in [0.4, 0.5) is 5.69 Å². The summed E-state index contributed by atoms with van der Waals surface area (Å²) in [6.07, 6.45) is 4.01. The molecule has 1 amide bonds. The zero-order chi connectivity index (χ0) is 22.1. The fourth-order valence-electron chi connectivity index (χ4n) is 3.99. The molecule has 0 aliphatic carbocycles. The van der Waals surface area contributed by atoms with E-state index in [0.717, 1.165) is 30.3 Å². The predicted octanol–water partition coefficient (Wildman–Crippen LogP) is 0.230. The van der Waals surface area contributed by atoms with Gasteiger partial charge in [-0.25, -0.2) is 25.9 Å². The van der Waals surface area contributed by atoms with Crippen molar-refractivity contribution >= 4 is 31.6 Å². The van der Waals surface area contributed by atoms with E-state index >= 15 is 0 Å².